The summed E-state index contributed by atoms with van der Waals surface area (Å²) in [5, 5.41) is 0.0362. The number of nitrogens with one attached hydrogen (secondary N) is 2. The lowest BCUT2D eigenvalue weighted by atomic mass is 10.0. The van der Waals surface area contributed by atoms with E-state index in [-0.39, 0.29) is 21.5 Å². The standard InChI is InChI=1S/C20H12F3N3O3S/c21-11-8-13-14(10-25-20(13)24-9-11)19(27)17-15(22)6-7-16(18(17)23)26-30(28,29)12-4-2-1-3-5-12/h1-10,26H,(H,24,25). The van der Waals surface area contributed by atoms with Crippen molar-refractivity contribution in [3.63, 3.8) is 0 Å². The molecule has 10 heteroatoms. The number of ketones is 1. The maximum atomic E-state index is 15.0. The molecule has 4 aromatic rings. The van der Waals surface area contributed by atoms with Crippen molar-refractivity contribution in [2.75, 3.05) is 4.72 Å². The molecule has 0 aliphatic heterocycles. The summed E-state index contributed by atoms with van der Waals surface area (Å²) in [5.74, 6) is -4.41. The van der Waals surface area contributed by atoms with Gasteiger partial charge < -0.3 is 4.98 Å². The molecular weight excluding hydrogens is 419 g/mol. The van der Waals surface area contributed by atoms with E-state index in [1.165, 1.54) is 24.3 Å². The molecule has 152 valence electrons. The molecule has 0 radical (unpaired) electrons. The number of carbonyl (C=O) groups excluding carboxylic acids is 1. The molecular formula is C20H12F3N3O3S. The van der Waals surface area contributed by atoms with Crippen LogP contribution in [0, 0.1) is 17.5 Å². The van der Waals surface area contributed by atoms with Crippen molar-refractivity contribution in [2.45, 2.75) is 4.90 Å². The van der Waals surface area contributed by atoms with E-state index in [0.29, 0.717) is 0 Å². The number of nitrogens with zero attached hydrogens (tertiary/aromatic N) is 1. The molecule has 2 aromatic heterocycles. The molecule has 0 fully saturated rings. The molecule has 0 saturated carbocycles. The van der Waals surface area contributed by atoms with Gasteiger partial charge in [0.15, 0.2) is 5.82 Å². The number of pyridine rings is 1. The normalized spacial score (nSPS) is 11.6. The fourth-order valence-electron chi connectivity index (χ4n) is 2.94. The minimum absolute atomic E-state index is 0.0362. The third-order valence-corrected chi connectivity index (χ3v) is 5.74. The Morgan fingerprint density at radius 2 is 1.77 bits per heavy atom. The van der Waals surface area contributed by atoms with E-state index in [1.54, 1.807) is 6.07 Å². The van der Waals surface area contributed by atoms with E-state index in [1.807, 2.05) is 4.72 Å². The minimum atomic E-state index is -4.17. The van der Waals surface area contributed by atoms with Gasteiger partial charge in [-0.05, 0) is 30.3 Å². The van der Waals surface area contributed by atoms with Gasteiger partial charge in [-0.1, -0.05) is 18.2 Å². The van der Waals surface area contributed by atoms with Gasteiger partial charge in [0.1, 0.15) is 17.3 Å². The van der Waals surface area contributed by atoms with Crippen molar-refractivity contribution in [3.8, 4) is 0 Å². The summed E-state index contributed by atoms with van der Waals surface area (Å²) in [6.45, 7) is 0. The van der Waals surface area contributed by atoms with Crippen LogP contribution in [0.2, 0.25) is 0 Å². The molecule has 2 aromatic carbocycles. The summed E-state index contributed by atoms with van der Waals surface area (Å²) in [6.07, 6.45) is 2.08. The van der Waals surface area contributed by atoms with Gasteiger partial charge >= 0.3 is 0 Å². The first-order valence-electron chi connectivity index (χ1n) is 8.51. The molecule has 0 unspecified atom stereocenters. The third kappa shape index (κ3) is 3.41. The predicted molar refractivity (Wildman–Crippen MR) is 103 cm³/mol. The van der Waals surface area contributed by atoms with Crippen LogP contribution in [0.3, 0.4) is 0 Å². The number of hydrogen-bond acceptors (Lipinski definition) is 4. The zero-order valence-electron chi connectivity index (χ0n) is 15.0. The van der Waals surface area contributed by atoms with E-state index in [4.69, 9.17) is 0 Å². The van der Waals surface area contributed by atoms with Crippen LogP contribution in [0.25, 0.3) is 11.0 Å². The number of benzene rings is 2. The van der Waals surface area contributed by atoms with Gasteiger partial charge in [-0.3, -0.25) is 9.52 Å². The van der Waals surface area contributed by atoms with E-state index >= 15 is 4.39 Å². The number of sulfonamides is 1. The molecule has 0 aliphatic carbocycles. The number of fused-ring (bicyclic) bond motifs is 1. The number of aromatic amines is 1. The van der Waals surface area contributed by atoms with Gasteiger partial charge in [0.2, 0.25) is 5.78 Å². The fourth-order valence-corrected chi connectivity index (χ4v) is 4.02. The fraction of sp³-hybridized carbons (Fsp3) is 0. The molecule has 0 aliphatic rings. The Hall–Kier alpha value is -3.66. The van der Waals surface area contributed by atoms with Crippen LogP contribution < -0.4 is 4.72 Å². The number of anilines is 1. The van der Waals surface area contributed by atoms with E-state index in [2.05, 4.69) is 9.97 Å². The SMILES string of the molecule is O=C(c1c(F)ccc(NS(=O)(=O)c2ccccc2)c1F)c1c[nH]c2ncc(F)cc12. The maximum absolute atomic E-state index is 15.0. The van der Waals surface area contributed by atoms with Gasteiger partial charge in [-0.25, -0.2) is 26.6 Å². The number of hydrogen-bond donors (Lipinski definition) is 2. The number of halogens is 3. The average molecular weight is 431 g/mol. The Bertz CT molecular complexity index is 1390. The summed E-state index contributed by atoms with van der Waals surface area (Å²) < 4.78 is 69.8. The Morgan fingerprint density at radius 1 is 1.03 bits per heavy atom. The second-order valence-corrected chi connectivity index (χ2v) is 7.97. The number of carbonyl (C=O) groups is 1. The van der Waals surface area contributed by atoms with E-state index in [9.17, 15) is 22.0 Å². The largest absolute Gasteiger partial charge is 0.345 e. The number of rotatable bonds is 5. The van der Waals surface area contributed by atoms with E-state index < -0.39 is 44.5 Å². The van der Waals surface area contributed by atoms with Crippen molar-refractivity contribution < 1.29 is 26.4 Å². The van der Waals surface area contributed by atoms with Gasteiger partial charge in [0.25, 0.3) is 10.0 Å². The highest BCUT2D eigenvalue weighted by molar-refractivity contribution is 7.92. The lowest BCUT2D eigenvalue weighted by Crippen LogP contribution is -2.16. The Kier molecular flexibility index (Phi) is 4.78. The van der Waals surface area contributed by atoms with Crippen LogP contribution in [-0.2, 0) is 10.0 Å². The molecule has 0 atom stereocenters. The monoisotopic (exact) mass is 431 g/mol. The minimum Gasteiger partial charge on any atom is -0.345 e. The van der Waals surface area contributed by atoms with Crippen molar-refractivity contribution in [1.82, 2.24) is 9.97 Å². The van der Waals surface area contributed by atoms with Crippen LogP contribution in [0.15, 0.2) is 65.8 Å². The maximum Gasteiger partial charge on any atom is 0.261 e. The van der Waals surface area contributed by atoms with Gasteiger partial charge in [0, 0.05) is 17.1 Å². The molecule has 2 heterocycles. The smallest absolute Gasteiger partial charge is 0.261 e. The second kappa shape index (κ2) is 7.30. The third-order valence-electron chi connectivity index (χ3n) is 4.36. The first-order chi connectivity index (χ1) is 14.3. The average Bonchev–Trinajstić information content (AvgIpc) is 3.14. The summed E-state index contributed by atoms with van der Waals surface area (Å²) in [5.41, 5.74) is -1.64. The van der Waals surface area contributed by atoms with Crippen LogP contribution in [0.5, 0.6) is 0 Å². The Labute approximate surface area is 168 Å². The van der Waals surface area contributed by atoms with Gasteiger partial charge in [-0.2, -0.15) is 0 Å². The summed E-state index contributed by atoms with van der Waals surface area (Å²) >= 11 is 0. The van der Waals surface area contributed by atoms with E-state index in [0.717, 1.165) is 30.6 Å². The topological polar surface area (TPSA) is 91.9 Å². The molecule has 4 rings (SSSR count). The summed E-state index contributed by atoms with van der Waals surface area (Å²) in [4.78, 5) is 19.1. The lowest BCUT2D eigenvalue weighted by molar-refractivity contribution is 0.103. The van der Waals surface area contributed by atoms with Crippen LogP contribution in [-0.4, -0.2) is 24.2 Å². The van der Waals surface area contributed by atoms with Crippen molar-refractivity contribution in [2.24, 2.45) is 0 Å². The Morgan fingerprint density at radius 3 is 2.50 bits per heavy atom. The van der Waals surface area contributed by atoms with Crippen molar-refractivity contribution in [1.29, 1.82) is 0 Å². The quantitative estimate of drug-likeness (QED) is 0.467. The zero-order chi connectivity index (χ0) is 21.5. The van der Waals surface area contributed by atoms with Gasteiger partial charge in [0.05, 0.1) is 22.3 Å². The molecule has 0 bridgehead atoms. The molecule has 0 spiro atoms. The lowest BCUT2D eigenvalue weighted by Gasteiger charge is -2.12. The zero-order valence-corrected chi connectivity index (χ0v) is 15.8. The highest BCUT2D eigenvalue weighted by Crippen LogP contribution is 2.28. The first kappa shape index (κ1) is 19.6. The highest BCUT2D eigenvalue weighted by atomic mass is 32.2. The molecule has 30 heavy (non-hydrogen) atoms. The van der Waals surface area contributed by atoms with Crippen molar-refractivity contribution in [3.05, 3.63) is 89.5 Å². The highest BCUT2D eigenvalue weighted by Gasteiger charge is 2.26. The second-order valence-electron chi connectivity index (χ2n) is 6.28. The van der Waals surface area contributed by atoms with Crippen molar-refractivity contribution >= 4 is 32.5 Å². The summed E-state index contributed by atoms with van der Waals surface area (Å²) in [6, 6.07) is 9.80. The van der Waals surface area contributed by atoms with Crippen LogP contribution in [0.4, 0.5) is 18.9 Å². The number of aromatic nitrogens is 2. The van der Waals surface area contributed by atoms with Crippen LogP contribution >= 0.6 is 0 Å². The molecule has 0 saturated heterocycles. The summed E-state index contributed by atoms with van der Waals surface area (Å²) in [7, 11) is -4.17. The number of H-pyrrole nitrogens is 1. The Balaban J connectivity index is 1.78. The first-order valence-corrected chi connectivity index (χ1v) is 9.99. The predicted octanol–water partition coefficient (Wildman–Crippen LogP) is 4.01. The molecule has 2 N–H and O–H groups in total. The molecule has 0 amide bonds. The van der Waals surface area contributed by atoms with Crippen LogP contribution in [0.1, 0.15) is 15.9 Å². The van der Waals surface area contributed by atoms with Gasteiger partial charge in [-0.15, -0.1) is 0 Å². The molecule has 6 nitrogen and oxygen atoms in total.